The second kappa shape index (κ2) is 5.69. The smallest absolute Gasteiger partial charge is 0.328 e. The number of aliphatic carboxylic acids is 1. The van der Waals surface area contributed by atoms with E-state index in [-0.39, 0.29) is 5.91 Å². The molecule has 0 bridgehead atoms. The fourth-order valence-corrected chi connectivity index (χ4v) is 2.25. The summed E-state index contributed by atoms with van der Waals surface area (Å²) in [6.45, 7) is 2.70. The molecule has 1 heterocycles. The number of carboxylic acid groups (broad SMARTS) is 1. The van der Waals surface area contributed by atoms with E-state index in [0.717, 1.165) is 42.3 Å². The number of anilines is 1. The Balaban J connectivity index is 2.31. The molecule has 1 aromatic carbocycles. The topological polar surface area (TPSA) is 57.6 Å². The van der Waals surface area contributed by atoms with Gasteiger partial charge in [0.2, 0.25) is 5.91 Å². The molecule has 1 N–H and O–H groups in total. The lowest BCUT2D eigenvalue weighted by Crippen LogP contribution is -2.35. The zero-order valence-electron chi connectivity index (χ0n) is 10.9. The number of carbonyl (C=O) groups is 2. The number of nitrogens with zero attached hydrogens (tertiary/aromatic N) is 1. The van der Waals surface area contributed by atoms with Crippen molar-refractivity contribution in [2.75, 3.05) is 11.4 Å². The van der Waals surface area contributed by atoms with Crippen molar-refractivity contribution < 1.29 is 14.7 Å². The van der Waals surface area contributed by atoms with Gasteiger partial charge in [0.25, 0.3) is 0 Å². The number of piperidine rings is 1. The van der Waals surface area contributed by atoms with Crippen molar-refractivity contribution in [1.82, 2.24) is 0 Å². The molecule has 0 aromatic heterocycles. The minimum absolute atomic E-state index is 0.147. The maximum atomic E-state index is 11.9. The SMILES string of the molecule is Cc1ccc(/C=C/C(=O)O)cc1N1CCCCC1=O. The van der Waals surface area contributed by atoms with Crippen LogP contribution in [0.3, 0.4) is 0 Å². The van der Waals surface area contributed by atoms with Crippen molar-refractivity contribution in [1.29, 1.82) is 0 Å². The standard InChI is InChI=1S/C15H17NO3/c1-11-5-6-12(7-8-15(18)19)10-13(11)16-9-3-2-4-14(16)17/h5-8,10H,2-4,9H2,1H3,(H,18,19)/b8-7+. The molecule has 1 aliphatic rings. The normalized spacial score (nSPS) is 16.1. The Morgan fingerprint density at radius 1 is 1.37 bits per heavy atom. The number of carbonyl (C=O) groups excluding carboxylic acids is 1. The molecule has 19 heavy (non-hydrogen) atoms. The van der Waals surface area contributed by atoms with E-state index in [2.05, 4.69) is 0 Å². The van der Waals surface area contributed by atoms with Crippen LogP contribution < -0.4 is 4.90 Å². The fourth-order valence-electron chi connectivity index (χ4n) is 2.25. The van der Waals surface area contributed by atoms with E-state index in [1.165, 1.54) is 0 Å². The lowest BCUT2D eigenvalue weighted by molar-refractivity contribution is -0.131. The first-order valence-electron chi connectivity index (χ1n) is 6.40. The number of amides is 1. The minimum Gasteiger partial charge on any atom is -0.478 e. The molecule has 0 spiro atoms. The predicted molar refractivity (Wildman–Crippen MR) is 74.1 cm³/mol. The first kappa shape index (κ1) is 13.3. The molecule has 0 saturated carbocycles. The van der Waals surface area contributed by atoms with E-state index in [0.29, 0.717) is 6.42 Å². The van der Waals surface area contributed by atoms with Crippen molar-refractivity contribution in [3.05, 3.63) is 35.4 Å². The van der Waals surface area contributed by atoms with Gasteiger partial charge in [0.15, 0.2) is 0 Å². The van der Waals surface area contributed by atoms with Gasteiger partial charge in [-0.3, -0.25) is 4.79 Å². The molecule has 4 nitrogen and oxygen atoms in total. The number of hydrogen-bond donors (Lipinski definition) is 1. The lowest BCUT2D eigenvalue weighted by Gasteiger charge is -2.28. The van der Waals surface area contributed by atoms with E-state index in [1.54, 1.807) is 11.0 Å². The van der Waals surface area contributed by atoms with Gasteiger partial charge in [0.1, 0.15) is 0 Å². The maximum Gasteiger partial charge on any atom is 0.328 e. The molecule has 0 atom stereocenters. The minimum atomic E-state index is -0.976. The second-order valence-corrected chi connectivity index (χ2v) is 4.72. The van der Waals surface area contributed by atoms with Crippen LogP contribution in [0, 0.1) is 6.92 Å². The molecule has 0 aliphatic carbocycles. The van der Waals surface area contributed by atoms with E-state index in [1.807, 2.05) is 25.1 Å². The van der Waals surface area contributed by atoms with Crippen LogP contribution in [0.1, 0.15) is 30.4 Å². The van der Waals surface area contributed by atoms with Crippen molar-refractivity contribution in [3.8, 4) is 0 Å². The summed E-state index contributed by atoms with van der Waals surface area (Å²) in [6, 6.07) is 5.64. The van der Waals surface area contributed by atoms with Crippen LogP contribution in [0.15, 0.2) is 24.3 Å². The number of rotatable bonds is 3. The number of hydrogen-bond acceptors (Lipinski definition) is 2. The quantitative estimate of drug-likeness (QED) is 0.849. The summed E-state index contributed by atoms with van der Waals surface area (Å²) in [4.78, 5) is 24.3. The first-order chi connectivity index (χ1) is 9.08. The third-order valence-electron chi connectivity index (χ3n) is 3.27. The average Bonchev–Trinajstić information content (AvgIpc) is 2.38. The largest absolute Gasteiger partial charge is 0.478 e. The molecule has 1 amide bonds. The highest BCUT2D eigenvalue weighted by Gasteiger charge is 2.20. The lowest BCUT2D eigenvalue weighted by atomic mass is 10.0. The Hall–Kier alpha value is -2.10. The molecule has 100 valence electrons. The van der Waals surface area contributed by atoms with Crippen LogP contribution in [-0.2, 0) is 9.59 Å². The Morgan fingerprint density at radius 2 is 2.16 bits per heavy atom. The maximum absolute atomic E-state index is 11.9. The van der Waals surface area contributed by atoms with Crippen LogP contribution in [0.5, 0.6) is 0 Å². The third kappa shape index (κ3) is 3.22. The van der Waals surface area contributed by atoms with E-state index >= 15 is 0 Å². The molecular weight excluding hydrogens is 242 g/mol. The molecule has 0 radical (unpaired) electrons. The molecular formula is C15H17NO3. The van der Waals surface area contributed by atoms with Crippen molar-refractivity contribution >= 4 is 23.6 Å². The fraction of sp³-hybridized carbons (Fsp3) is 0.333. The molecule has 1 aromatic rings. The molecule has 1 fully saturated rings. The number of aryl methyl sites for hydroxylation is 1. The summed E-state index contributed by atoms with van der Waals surface area (Å²) in [7, 11) is 0. The summed E-state index contributed by atoms with van der Waals surface area (Å²) in [5.41, 5.74) is 2.71. The Bertz CT molecular complexity index is 534. The van der Waals surface area contributed by atoms with Crippen LogP contribution in [0.25, 0.3) is 6.08 Å². The first-order valence-corrected chi connectivity index (χ1v) is 6.40. The molecule has 1 aliphatic heterocycles. The van der Waals surface area contributed by atoms with Gasteiger partial charge >= 0.3 is 5.97 Å². The van der Waals surface area contributed by atoms with Gasteiger partial charge in [0.05, 0.1) is 0 Å². The van der Waals surface area contributed by atoms with Gasteiger partial charge < -0.3 is 10.0 Å². The molecule has 2 rings (SSSR count). The molecule has 4 heteroatoms. The molecule has 1 saturated heterocycles. The summed E-state index contributed by atoms with van der Waals surface area (Å²) >= 11 is 0. The van der Waals surface area contributed by atoms with Gasteiger partial charge in [-0.05, 0) is 43.0 Å². The van der Waals surface area contributed by atoms with E-state index in [9.17, 15) is 9.59 Å². The van der Waals surface area contributed by atoms with Crippen LogP contribution >= 0.6 is 0 Å². The van der Waals surface area contributed by atoms with Crippen LogP contribution in [0.2, 0.25) is 0 Å². The van der Waals surface area contributed by atoms with Crippen molar-refractivity contribution in [2.24, 2.45) is 0 Å². The van der Waals surface area contributed by atoms with Crippen molar-refractivity contribution in [2.45, 2.75) is 26.2 Å². The summed E-state index contributed by atoms with van der Waals surface area (Å²) in [5, 5.41) is 8.64. The number of benzene rings is 1. The van der Waals surface area contributed by atoms with Gasteiger partial charge in [-0.15, -0.1) is 0 Å². The van der Waals surface area contributed by atoms with Gasteiger partial charge in [-0.1, -0.05) is 12.1 Å². The Kier molecular flexibility index (Phi) is 4.00. The second-order valence-electron chi connectivity index (χ2n) is 4.72. The predicted octanol–water partition coefficient (Wildman–Crippen LogP) is 2.61. The van der Waals surface area contributed by atoms with Crippen LogP contribution in [-0.4, -0.2) is 23.5 Å². The van der Waals surface area contributed by atoms with Crippen LogP contribution in [0.4, 0.5) is 5.69 Å². The molecule has 0 unspecified atom stereocenters. The third-order valence-corrected chi connectivity index (χ3v) is 3.27. The summed E-state index contributed by atoms with van der Waals surface area (Å²) in [5.74, 6) is -0.829. The van der Waals surface area contributed by atoms with E-state index < -0.39 is 5.97 Å². The van der Waals surface area contributed by atoms with Gasteiger partial charge in [0, 0.05) is 24.7 Å². The zero-order valence-corrected chi connectivity index (χ0v) is 10.9. The van der Waals surface area contributed by atoms with Gasteiger partial charge in [-0.2, -0.15) is 0 Å². The van der Waals surface area contributed by atoms with Gasteiger partial charge in [-0.25, -0.2) is 4.79 Å². The summed E-state index contributed by atoms with van der Waals surface area (Å²) < 4.78 is 0. The zero-order chi connectivity index (χ0) is 13.8. The summed E-state index contributed by atoms with van der Waals surface area (Å²) in [6.07, 6.45) is 5.20. The highest BCUT2D eigenvalue weighted by molar-refractivity contribution is 5.95. The van der Waals surface area contributed by atoms with E-state index in [4.69, 9.17) is 5.11 Å². The monoisotopic (exact) mass is 259 g/mol. The Labute approximate surface area is 112 Å². The highest BCUT2D eigenvalue weighted by Crippen LogP contribution is 2.26. The Morgan fingerprint density at radius 3 is 2.84 bits per heavy atom. The highest BCUT2D eigenvalue weighted by atomic mass is 16.4. The van der Waals surface area contributed by atoms with Crippen molar-refractivity contribution in [3.63, 3.8) is 0 Å². The number of carboxylic acids is 1. The average molecular weight is 259 g/mol.